The van der Waals surface area contributed by atoms with Crippen molar-refractivity contribution in [3.8, 4) is 34.5 Å². The molecule has 6 aromatic carbocycles. The molecule has 6 rings (SSSR count). The molecule has 610 valence electrons. The maximum atomic E-state index is 12.0. The predicted molar refractivity (Wildman–Crippen MR) is 340 cm³/mol. The van der Waals surface area contributed by atoms with E-state index in [1.54, 1.807) is 0 Å². The van der Waals surface area contributed by atoms with Crippen molar-refractivity contribution in [2.75, 3.05) is 78.5 Å². The molecule has 30 N–H and O–H groups in total. The molecule has 2 radical (unpaired) electrons. The van der Waals surface area contributed by atoms with Crippen LogP contribution in [0.15, 0.2) is 129 Å². The number of benzene rings is 6. The Morgan fingerprint density at radius 2 is 0.463 bits per heavy atom. The van der Waals surface area contributed by atoms with Crippen LogP contribution < -0.4 is 72.7 Å². The number of aliphatic imine (C=N–C) groups is 4. The van der Waals surface area contributed by atoms with Gasteiger partial charge in [-0.1, -0.05) is 144 Å². The molecule has 0 saturated carbocycles. The predicted octanol–water partition coefficient (Wildman–Crippen LogP) is -17.7. The van der Waals surface area contributed by atoms with E-state index in [0.717, 1.165) is 12.1 Å². The van der Waals surface area contributed by atoms with Gasteiger partial charge in [0.25, 0.3) is 0 Å². The van der Waals surface area contributed by atoms with Crippen molar-refractivity contribution in [2.45, 2.75) is 0 Å². The molecule has 0 bridgehead atoms. The molecular weight excluding hydrogens is 1890 g/mol. The SMILES string of the molecule is NCCN(CCN=Cc1cccc(C(=O)[O-])c1[O-])CCN=Cc1cccc(C(=O)[O-])c1[O-].NCCN(CCN=Cc1cccc(C(=O)[O-])c1[O-])CCN=Cc1cccc(C(=O)[O-])c1[O-].O.O.O.O.O.O.O.O.O.O.O.O.O=Cc1cccc(C(=O)[O-])c1[O-].O=Cc1cccc(C(=O)[O-])c1[O-].[Ni+2].[Ni+2].[Ni+2].[Ni+3].[OH-].[OH-].[Pr+3].[Pr]. The van der Waals surface area contributed by atoms with Crippen LogP contribution in [-0.2, 0) is 66.0 Å². The number of aldehydes is 2. The van der Waals surface area contributed by atoms with E-state index in [-0.39, 0.29) is 259 Å². The van der Waals surface area contributed by atoms with Crippen molar-refractivity contribution in [3.63, 3.8) is 0 Å². The molecule has 42 nitrogen and oxygen atoms in total. The largest absolute Gasteiger partial charge is 3.00 e. The van der Waals surface area contributed by atoms with Crippen molar-refractivity contribution in [2.24, 2.45) is 31.4 Å². The number of carbonyl (C=O) groups excluding carboxylic acids is 8. The second-order valence-electron chi connectivity index (χ2n) is 17.7. The standard InChI is InChI=1S/2C22H26N4O6.2C8H6O4.4Ni.14H2O.2Pr/c2*23-7-10-26(11-8-24-13-15-3-1-5-17(19(15)27)21(29)30)12-9-25-14-16-4-2-6-18(20(16)28)22(31)32;2*9-4-5-2-1-3-6(7(5)10)8(11)12;;;;;;;;;;;;;;;;;;;;/h2*1-6,13-14,27-28H,7-12,23H2,(H,29,30)(H,31,32);2*1-4,10H,(H,11,12);;;;;14*1H2;;/q;;;;3*+2;+3;;;;;;;;;;;;;;;;+3/p-14. The number of nitrogens with zero attached hydrogens (tertiary/aromatic N) is 6. The molecule has 0 aliphatic heterocycles. The van der Waals surface area contributed by atoms with Crippen LogP contribution in [0.3, 0.4) is 0 Å². The minimum atomic E-state index is -1.57. The summed E-state index contributed by atoms with van der Waals surface area (Å²) in [7, 11) is 0. The maximum Gasteiger partial charge on any atom is 3.00 e. The molecule has 0 aliphatic carbocycles. The van der Waals surface area contributed by atoms with Crippen molar-refractivity contribution >= 4 is 73.2 Å². The van der Waals surface area contributed by atoms with E-state index in [2.05, 4.69) is 20.0 Å². The van der Waals surface area contributed by atoms with E-state index < -0.39 is 104 Å². The fourth-order valence-electron chi connectivity index (χ4n) is 7.37. The number of aromatic carboxylic acids is 6. The molecular formula is C60H78N8Ni4O34Pr2-2. The van der Waals surface area contributed by atoms with E-state index in [1.165, 1.54) is 122 Å². The van der Waals surface area contributed by atoms with Crippen molar-refractivity contribution in [1.82, 2.24) is 9.80 Å². The molecule has 0 unspecified atom stereocenters. The molecule has 108 heavy (non-hydrogen) atoms. The van der Waals surface area contributed by atoms with Crippen LogP contribution in [0, 0.1) is 82.6 Å². The van der Waals surface area contributed by atoms with Gasteiger partial charge in [0.1, 0.15) is 12.6 Å². The zero-order valence-electron chi connectivity index (χ0n) is 55.7. The smallest absolute Gasteiger partial charge is 0.872 e. The zero-order valence-corrected chi connectivity index (χ0v) is 67.0. The van der Waals surface area contributed by atoms with Gasteiger partial charge in [0.15, 0.2) is 0 Å². The summed E-state index contributed by atoms with van der Waals surface area (Å²) in [5, 5.41) is 134. The van der Waals surface area contributed by atoms with Crippen LogP contribution in [0.5, 0.6) is 34.5 Å². The summed E-state index contributed by atoms with van der Waals surface area (Å²) in [6.45, 7) is 5.41. The number of rotatable bonds is 28. The fraction of sp³-hybridized carbons (Fsp3) is 0.200. The molecule has 0 fully saturated rings. The summed E-state index contributed by atoms with van der Waals surface area (Å²) < 4.78 is 0. The summed E-state index contributed by atoms with van der Waals surface area (Å²) in [5.41, 5.74) is 8.93. The van der Waals surface area contributed by atoms with Gasteiger partial charge in [-0.2, -0.15) is 0 Å². The van der Waals surface area contributed by atoms with Crippen molar-refractivity contribution in [1.29, 1.82) is 0 Å². The van der Waals surface area contributed by atoms with Gasteiger partial charge in [-0.25, -0.2) is 0 Å². The van der Waals surface area contributed by atoms with Gasteiger partial charge < -0.3 is 178 Å². The van der Waals surface area contributed by atoms with Crippen LogP contribution in [-0.4, -0.2) is 238 Å². The average Bonchev–Trinajstić information content (AvgIpc) is 0.890. The number of carboxylic acids is 6. The summed E-state index contributed by atoms with van der Waals surface area (Å²) in [6, 6.07) is 23.8. The normalized spacial score (nSPS) is 8.93. The van der Waals surface area contributed by atoms with Crippen molar-refractivity contribution < 1.29 is 325 Å². The molecule has 6 aromatic rings. The van der Waals surface area contributed by atoms with E-state index >= 15 is 0 Å². The second kappa shape index (κ2) is 79.5. The van der Waals surface area contributed by atoms with Gasteiger partial charge in [-0.05, 0) is 55.6 Å². The number of hydrogen-bond acceptors (Lipinski definition) is 30. The first-order valence-electron chi connectivity index (χ1n) is 25.9. The zero-order chi connectivity index (χ0) is 65.3. The molecule has 0 aromatic heterocycles. The second-order valence-corrected chi connectivity index (χ2v) is 17.7. The van der Waals surface area contributed by atoms with Crippen LogP contribution in [0.2, 0.25) is 0 Å². The monoisotopic (exact) mass is 1970 g/mol. The minimum Gasteiger partial charge on any atom is -0.872 e. The van der Waals surface area contributed by atoms with E-state index in [4.69, 9.17) is 11.5 Å². The first kappa shape index (κ1) is 147. The van der Waals surface area contributed by atoms with Gasteiger partial charge in [0, 0.05) is 130 Å². The summed E-state index contributed by atoms with van der Waals surface area (Å²) in [5.74, 6) is -13.5. The third kappa shape index (κ3) is 49.2. The number of para-hydroxylation sites is 6. The summed E-state index contributed by atoms with van der Waals surface area (Å²) in [4.78, 5) is 105. The Labute approximate surface area is 721 Å². The van der Waals surface area contributed by atoms with Crippen molar-refractivity contribution in [3.05, 3.63) is 176 Å². The first-order chi connectivity index (χ1) is 42.0. The van der Waals surface area contributed by atoms with Crippen LogP contribution >= 0.6 is 0 Å². The van der Waals surface area contributed by atoms with Gasteiger partial charge >= 0.3 is 107 Å². The Bertz CT molecular complexity index is 3210. The molecule has 0 spiro atoms. The molecule has 48 heteroatoms. The van der Waals surface area contributed by atoms with Gasteiger partial charge in [-0.15, -0.1) is 0 Å². The third-order valence-electron chi connectivity index (χ3n) is 11.8. The van der Waals surface area contributed by atoms with Gasteiger partial charge in [-0.3, -0.25) is 39.4 Å². The van der Waals surface area contributed by atoms with E-state index in [9.17, 15) is 99.6 Å². The molecule has 0 amide bonds. The Morgan fingerprint density at radius 1 is 0.315 bits per heavy atom. The Balaban J connectivity index is -0.0000000629. The molecule has 0 atom stereocenters. The van der Waals surface area contributed by atoms with Crippen LogP contribution in [0.25, 0.3) is 0 Å². The quantitative estimate of drug-likeness (QED) is 0.0262. The fourth-order valence-corrected chi connectivity index (χ4v) is 7.37. The molecule has 0 saturated heterocycles. The first-order valence-corrected chi connectivity index (χ1v) is 25.9. The number of nitrogens with two attached hydrogens (primary N) is 2. The van der Waals surface area contributed by atoms with E-state index in [0.29, 0.717) is 91.1 Å². The third-order valence-corrected chi connectivity index (χ3v) is 11.8. The minimum absolute atomic E-state index is 0. The molecule has 0 heterocycles. The summed E-state index contributed by atoms with van der Waals surface area (Å²) >= 11 is 0. The van der Waals surface area contributed by atoms with Crippen LogP contribution in [0.1, 0.15) is 105 Å². The number of carbonyl (C=O) groups is 8. The number of hydrogen-bond donors (Lipinski definition) is 2. The maximum absolute atomic E-state index is 12.0. The van der Waals surface area contributed by atoms with Gasteiger partial charge in [0.2, 0.25) is 0 Å². The van der Waals surface area contributed by atoms with Gasteiger partial charge in [0.05, 0.1) is 62.0 Å². The average molecular weight is 1970 g/mol. The van der Waals surface area contributed by atoms with E-state index in [1.807, 2.05) is 9.80 Å². The van der Waals surface area contributed by atoms with Crippen LogP contribution in [0.4, 0.5) is 0 Å². The summed E-state index contributed by atoms with van der Waals surface area (Å²) in [6.07, 6.45) is 5.94. The Hall–Kier alpha value is -7.06. The Kier molecular flexibility index (Phi) is 108. The molecule has 0 aliphatic rings. The topological polar surface area (TPSA) is 959 Å². The Morgan fingerprint density at radius 3 is 0.602 bits per heavy atom. The number of carboxylic acid groups (broad SMARTS) is 6.